The van der Waals surface area contributed by atoms with Crippen LogP contribution in [-0.4, -0.2) is 64.3 Å². The monoisotopic (exact) mass is 350 g/mol. The first-order valence-corrected chi connectivity index (χ1v) is 9.16. The van der Waals surface area contributed by atoms with Crippen molar-refractivity contribution < 1.29 is 9.47 Å². The van der Waals surface area contributed by atoms with Crippen LogP contribution in [0.4, 0.5) is 0 Å². The molecule has 0 fully saturated rings. The van der Waals surface area contributed by atoms with Crippen LogP contribution < -0.4 is 20.1 Å². The third-order valence-corrected chi connectivity index (χ3v) is 3.86. The number of guanidine groups is 1. The second-order valence-corrected chi connectivity index (χ2v) is 5.72. The van der Waals surface area contributed by atoms with Crippen molar-refractivity contribution >= 4 is 5.96 Å². The van der Waals surface area contributed by atoms with Crippen molar-refractivity contribution in [2.45, 2.75) is 27.2 Å². The number of benzene rings is 1. The minimum Gasteiger partial charge on any atom is -0.490 e. The van der Waals surface area contributed by atoms with E-state index < -0.39 is 0 Å². The summed E-state index contributed by atoms with van der Waals surface area (Å²) in [5.41, 5.74) is 1.21. The molecule has 2 N–H and O–H groups in total. The fourth-order valence-electron chi connectivity index (χ4n) is 2.32. The first-order chi connectivity index (χ1) is 12.1. The summed E-state index contributed by atoms with van der Waals surface area (Å²) < 4.78 is 11.3. The van der Waals surface area contributed by atoms with Gasteiger partial charge in [0, 0.05) is 26.7 Å². The molecule has 0 bridgehead atoms. The molecular weight excluding hydrogens is 316 g/mol. The van der Waals surface area contributed by atoms with Gasteiger partial charge in [-0.25, -0.2) is 0 Å². The van der Waals surface area contributed by atoms with Crippen molar-refractivity contribution in [1.29, 1.82) is 0 Å². The molecule has 0 aromatic heterocycles. The lowest BCUT2D eigenvalue weighted by molar-refractivity contribution is 0.287. The van der Waals surface area contributed by atoms with E-state index in [2.05, 4.69) is 46.6 Å². The van der Waals surface area contributed by atoms with Crippen molar-refractivity contribution in [3.8, 4) is 11.5 Å². The molecule has 0 radical (unpaired) electrons. The molecule has 0 atom stereocenters. The Balaban J connectivity index is 2.47. The first-order valence-electron chi connectivity index (χ1n) is 9.16. The van der Waals surface area contributed by atoms with Crippen LogP contribution in [0.2, 0.25) is 0 Å². The van der Waals surface area contributed by atoms with Crippen molar-refractivity contribution in [1.82, 2.24) is 15.5 Å². The van der Waals surface area contributed by atoms with Gasteiger partial charge in [-0.1, -0.05) is 13.0 Å². The zero-order chi connectivity index (χ0) is 18.5. The van der Waals surface area contributed by atoms with E-state index in [1.165, 1.54) is 5.56 Å². The minimum atomic E-state index is 0.630. The van der Waals surface area contributed by atoms with Crippen LogP contribution in [0.15, 0.2) is 23.2 Å². The second kappa shape index (κ2) is 12.4. The Morgan fingerprint density at radius 3 is 2.36 bits per heavy atom. The van der Waals surface area contributed by atoms with Crippen LogP contribution in [0.5, 0.6) is 11.5 Å². The first kappa shape index (κ1) is 21.1. The fraction of sp³-hybridized carbons (Fsp3) is 0.632. The molecular formula is C19H34N4O2. The number of hydrogen-bond acceptors (Lipinski definition) is 4. The topological polar surface area (TPSA) is 58.1 Å². The summed E-state index contributed by atoms with van der Waals surface area (Å²) in [4.78, 5) is 6.52. The van der Waals surface area contributed by atoms with Gasteiger partial charge in [0.25, 0.3) is 0 Å². The normalized spacial score (nSPS) is 11.5. The number of likely N-dealkylation sites (N-methyl/N-ethyl adjacent to an activating group) is 1. The lowest BCUT2D eigenvalue weighted by Gasteiger charge is -2.16. The van der Waals surface area contributed by atoms with E-state index in [9.17, 15) is 0 Å². The summed E-state index contributed by atoms with van der Waals surface area (Å²) in [5.74, 6) is 2.45. The van der Waals surface area contributed by atoms with Crippen LogP contribution in [-0.2, 0) is 6.42 Å². The molecule has 1 aromatic carbocycles. The Bertz CT molecular complexity index is 520. The van der Waals surface area contributed by atoms with Gasteiger partial charge in [0.05, 0.1) is 13.2 Å². The lowest BCUT2D eigenvalue weighted by Crippen LogP contribution is -2.41. The SMILES string of the molecule is CCOc1ccc(CCNC(=NC)NCCN(C)CC)cc1OCC. The molecule has 25 heavy (non-hydrogen) atoms. The molecule has 0 unspecified atom stereocenters. The van der Waals surface area contributed by atoms with Gasteiger partial charge in [0.2, 0.25) is 0 Å². The molecule has 0 aliphatic rings. The number of nitrogens with zero attached hydrogens (tertiary/aromatic N) is 2. The molecule has 6 nitrogen and oxygen atoms in total. The predicted molar refractivity (Wildman–Crippen MR) is 105 cm³/mol. The third kappa shape index (κ3) is 8.12. The Morgan fingerprint density at radius 1 is 1.04 bits per heavy atom. The van der Waals surface area contributed by atoms with Gasteiger partial charge in [0.1, 0.15) is 0 Å². The maximum Gasteiger partial charge on any atom is 0.191 e. The number of aliphatic imine (C=N–C) groups is 1. The Labute approximate surface area is 152 Å². The molecule has 1 aromatic rings. The summed E-state index contributed by atoms with van der Waals surface area (Å²) in [6.45, 7) is 11.1. The number of rotatable bonds is 11. The van der Waals surface area contributed by atoms with E-state index >= 15 is 0 Å². The Kier molecular flexibility index (Phi) is 10.5. The molecule has 0 amide bonds. The largest absolute Gasteiger partial charge is 0.490 e. The molecule has 0 aliphatic heterocycles. The maximum absolute atomic E-state index is 5.68. The summed E-state index contributed by atoms with van der Waals surface area (Å²) >= 11 is 0. The van der Waals surface area contributed by atoms with E-state index in [4.69, 9.17) is 9.47 Å². The van der Waals surface area contributed by atoms with Gasteiger partial charge < -0.3 is 25.0 Å². The summed E-state index contributed by atoms with van der Waals surface area (Å²) in [5, 5.41) is 6.68. The molecule has 6 heteroatoms. The molecule has 0 aliphatic carbocycles. The zero-order valence-corrected chi connectivity index (χ0v) is 16.4. The zero-order valence-electron chi connectivity index (χ0n) is 16.4. The quantitative estimate of drug-likeness (QED) is 0.473. The van der Waals surface area contributed by atoms with E-state index in [1.807, 2.05) is 19.9 Å². The van der Waals surface area contributed by atoms with Crippen LogP contribution in [0.25, 0.3) is 0 Å². The van der Waals surface area contributed by atoms with Crippen LogP contribution in [0, 0.1) is 0 Å². The number of ether oxygens (including phenoxy) is 2. The van der Waals surface area contributed by atoms with E-state index in [0.717, 1.165) is 50.1 Å². The maximum atomic E-state index is 5.68. The van der Waals surface area contributed by atoms with Crippen LogP contribution in [0.1, 0.15) is 26.3 Å². The summed E-state index contributed by atoms with van der Waals surface area (Å²) in [6.07, 6.45) is 0.891. The summed E-state index contributed by atoms with van der Waals surface area (Å²) in [6, 6.07) is 6.13. The molecule has 0 saturated heterocycles. The van der Waals surface area contributed by atoms with Crippen LogP contribution >= 0.6 is 0 Å². The van der Waals surface area contributed by atoms with Gasteiger partial charge in [-0.3, -0.25) is 4.99 Å². The standard InChI is InChI=1S/C19H34N4O2/c1-6-23(5)14-13-22-19(20-4)21-12-11-16-9-10-17(24-7-2)18(15-16)25-8-3/h9-10,15H,6-8,11-14H2,1-5H3,(H2,20,21,22). The van der Waals surface area contributed by atoms with Crippen molar-refractivity contribution in [3.63, 3.8) is 0 Å². The van der Waals surface area contributed by atoms with Gasteiger partial charge in [-0.05, 0) is 51.6 Å². The Morgan fingerprint density at radius 2 is 1.72 bits per heavy atom. The highest BCUT2D eigenvalue weighted by Gasteiger charge is 2.06. The molecule has 142 valence electrons. The summed E-state index contributed by atoms with van der Waals surface area (Å²) in [7, 11) is 3.91. The van der Waals surface area contributed by atoms with Gasteiger partial charge in [0.15, 0.2) is 17.5 Å². The predicted octanol–water partition coefficient (Wildman–Crippen LogP) is 2.14. The second-order valence-electron chi connectivity index (χ2n) is 5.72. The van der Waals surface area contributed by atoms with Crippen molar-refractivity contribution in [3.05, 3.63) is 23.8 Å². The van der Waals surface area contributed by atoms with Crippen LogP contribution in [0.3, 0.4) is 0 Å². The van der Waals surface area contributed by atoms with E-state index in [-0.39, 0.29) is 0 Å². The smallest absolute Gasteiger partial charge is 0.191 e. The van der Waals surface area contributed by atoms with Gasteiger partial charge >= 0.3 is 0 Å². The highest BCUT2D eigenvalue weighted by Crippen LogP contribution is 2.28. The van der Waals surface area contributed by atoms with E-state index in [0.29, 0.717) is 13.2 Å². The lowest BCUT2D eigenvalue weighted by atomic mass is 10.1. The molecule has 0 saturated carbocycles. The molecule has 0 spiro atoms. The Hall–Kier alpha value is -1.95. The third-order valence-electron chi connectivity index (χ3n) is 3.86. The average molecular weight is 351 g/mol. The number of nitrogens with one attached hydrogen (secondary N) is 2. The van der Waals surface area contributed by atoms with Gasteiger partial charge in [-0.2, -0.15) is 0 Å². The highest BCUT2D eigenvalue weighted by molar-refractivity contribution is 5.79. The molecule has 1 rings (SSSR count). The number of hydrogen-bond donors (Lipinski definition) is 2. The molecule has 0 heterocycles. The highest BCUT2D eigenvalue weighted by atomic mass is 16.5. The van der Waals surface area contributed by atoms with Gasteiger partial charge in [-0.15, -0.1) is 0 Å². The average Bonchev–Trinajstić information content (AvgIpc) is 2.62. The van der Waals surface area contributed by atoms with E-state index in [1.54, 1.807) is 7.05 Å². The fourth-order valence-corrected chi connectivity index (χ4v) is 2.32. The minimum absolute atomic E-state index is 0.630. The van der Waals surface area contributed by atoms with Crippen molar-refractivity contribution in [2.75, 3.05) is 53.5 Å². The van der Waals surface area contributed by atoms with Crippen molar-refractivity contribution in [2.24, 2.45) is 4.99 Å².